The molecule has 0 aromatic heterocycles. The van der Waals surface area contributed by atoms with Crippen LogP contribution in [-0.2, 0) is 0 Å². The number of carbonyl (C=O) groups is 1. The normalized spacial score (nSPS) is 18.5. The summed E-state index contributed by atoms with van der Waals surface area (Å²) >= 11 is 0. The zero-order chi connectivity index (χ0) is 17.9. The molecule has 2 aliphatic rings. The number of nitrogens with one attached hydrogen (secondary N) is 1. The Labute approximate surface area is 152 Å². The van der Waals surface area contributed by atoms with Gasteiger partial charge in [0.05, 0.1) is 13.2 Å². The molecule has 0 radical (unpaired) electrons. The molecule has 1 N–H and O–H groups in total. The molecule has 6 heteroatoms. The average Bonchev–Trinajstić information content (AvgIpc) is 3.18. The van der Waals surface area contributed by atoms with E-state index in [9.17, 15) is 4.79 Å². The molecule has 1 saturated heterocycles. The molecule has 2 aromatic carbocycles. The predicted octanol–water partition coefficient (Wildman–Crippen LogP) is 3.84. The first-order valence-electron chi connectivity index (χ1n) is 8.86. The van der Waals surface area contributed by atoms with Gasteiger partial charge in [0.15, 0.2) is 11.5 Å². The lowest BCUT2D eigenvalue weighted by Gasteiger charge is -2.26. The van der Waals surface area contributed by atoms with Gasteiger partial charge in [-0.1, -0.05) is 12.1 Å². The second-order valence-corrected chi connectivity index (χ2v) is 6.41. The summed E-state index contributed by atoms with van der Waals surface area (Å²) in [6.45, 7) is 1.82. The molecule has 2 aliphatic heterocycles. The molecule has 1 atom stereocenters. The number of ether oxygens (including phenoxy) is 3. The Morgan fingerprint density at radius 2 is 1.88 bits per heavy atom. The van der Waals surface area contributed by atoms with Crippen molar-refractivity contribution in [2.45, 2.75) is 18.9 Å². The second-order valence-electron chi connectivity index (χ2n) is 6.41. The van der Waals surface area contributed by atoms with E-state index in [2.05, 4.69) is 5.32 Å². The van der Waals surface area contributed by atoms with E-state index >= 15 is 0 Å². The van der Waals surface area contributed by atoms with E-state index in [1.54, 1.807) is 7.11 Å². The number of carbonyl (C=O) groups excluding carboxylic acids is 1. The smallest absolute Gasteiger partial charge is 0.322 e. The van der Waals surface area contributed by atoms with Crippen LogP contribution in [0.4, 0.5) is 10.5 Å². The highest BCUT2D eigenvalue weighted by atomic mass is 16.6. The zero-order valence-electron chi connectivity index (χ0n) is 14.7. The Kier molecular flexibility index (Phi) is 4.56. The van der Waals surface area contributed by atoms with E-state index in [4.69, 9.17) is 14.2 Å². The van der Waals surface area contributed by atoms with E-state index in [1.165, 1.54) is 0 Å². The molecule has 6 nitrogen and oxygen atoms in total. The lowest BCUT2D eigenvalue weighted by Crippen LogP contribution is -2.34. The maximum absolute atomic E-state index is 12.8. The largest absolute Gasteiger partial charge is 0.497 e. The highest BCUT2D eigenvalue weighted by molar-refractivity contribution is 5.90. The Balaban J connectivity index is 1.48. The molecule has 136 valence electrons. The number of amides is 2. The fraction of sp³-hybridized carbons (Fsp3) is 0.350. The summed E-state index contributed by atoms with van der Waals surface area (Å²) < 4.78 is 16.3. The molecular weight excluding hydrogens is 332 g/mol. The van der Waals surface area contributed by atoms with Crippen molar-refractivity contribution in [3.63, 3.8) is 0 Å². The molecule has 0 aliphatic carbocycles. The highest BCUT2D eigenvalue weighted by Gasteiger charge is 2.30. The number of rotatable bonds is 3. The summed E-state index contributed by atoms with van der Waals surface area (Å²) in [5.41, 5.74) is 1.83. The maximum Gasteiger partial charge on any atom is 0.322 e. The number of urea groups is 1. The molecule has 0 saturated carbocycles. The van der Waals surface area contributed by atoms with Crippen molar-refractivity contribution in [1.29, 1.82) is 0 Å². The van der Waals surface area contributed by atoms with Gasteiger partial charge in [0.2, 0.25) is 0 Å². The molecule has 1 unspecified atom stereocenters. The van der Waals surface area contributed by atoms with E-state index in [1.807, 2.05) is 47.4 Å². The van der Waals surface area contributed by atoms with Crippen LogP contribution in [0.15, 0.2) is 42.5 Å². The van der Waals surface area contributed by atoms with E-state index < -0.39 is 0 Å². The van der Waals surface area contributed by atoms with Gasteiger partial charge in [0.1, 0.15) is 19.0 Å². The molecule has 0 bridgehead atoms. The summed E-state index contributed by atoms with van der Waals surface area (Å²) in [5.74, 6) is 2.20. The van der Waals surface area contributed by atoms with E-state index in [0.29, 0.717) is 30.4 Å². The minimum Gasteiger partial charge on any atom is -0.497 e. The SMILES string of the molecule is COc1ccc(C2CCCN2C(=O)Nc2ccc3c(c2)OCCO3)cc1. The number of hydrogen-bond acceptors (Lipinski definition) is 4. The van der Waals surface area contributed by atoms with E-state index in [0.717, 1.165) is 30.7 Å². The topological polar surface area (TPSA) is 60.0 Å². The van der Waals surface area contributed by atoms with Gasteiger partial charge < -0.3 is 24.4 Å². The minimum absolute atomic E-state index is 0.0816. The summed E-state index contributed by atoms with van der Waals surface area (Å²) in [5, 5.41) is 2.98. The number of likely N-dealkylation sites (tertiary alicyclic amines) is 1. The summed E-state index contributed by atoms with van der Waals surface area (Å²) in [6, 6.07) is 13.4. The lowest BCUT2D eigenvalue weighted by atomic mass is 10.0. The van der Waals surface area contributed by atoms with Crippen LogP contribution in [-0.4, -0.2) is 37.8 Å². The van der Waals surface area contributed by atoms with Crippen LogP contribution in [0.25, 0.3) is 0 Å². The first-order chi connectivity index (χ1) is 12.7. The summed E-state index contributed by atoms with van der Waals surface area (Å²) in [7, 11) is 1.65. The number of methoxy groups -OCH3 is 1. The van der Waals surface area contributed by atoms with Crippen molar-refractivity contribution in [2.24, 2.45) is 0 Å². The molecule has 2 amide bonds. The van der Waals surface area contributed by atoms with Gasteiger partial charge in [-0.15, -0.1) is 0 Å². The molecule has 26 heavy (non-hydrogen) atoms. The van der Waals surface area contributed by atoms with E-state index in [-0.39, 0.29) is 12.1 Å². The third-order valence-electron chi connectivity index (χ3n) is 4.81. The molecule has 2 aromatic rings. The maximum atomic E-state index is 12.8. The van der Waals surface area contributed by atoms with Crippen molar-refractivity contribution < 1.29 is 19.0 Å². The lowest BCUT2D eigenvalue weighted by molar-refractivity contribution is 0.171. The van der Waals surface area contributed by atoms with Crippen molar-refractivity contribution >= 4 is 11.7 Å². The van der Waals surface area contributed by atoms with Crippen molar-refractivity contribution in [1.82, 2.24) is 4.90 Å². The van der Waals surface area contributed by atoms with Gasteiger partial charge in [-0.3, -0.25) is 0 Å². The van der Waals surface area contributed by atoms with Gasteiger partial charge in [0.25, 0.3) is 0 Å². The Bertz CT molecular complexity index is 791. The van der Waals surface area contributed by atoms with Crippen molar-refractivity contribution in [2.75, 3.05) is 32.2 Å². The van der Waals surface area contributed by atoms with Crippen LogP contribution < -0.4 is 19.5 Å². The number of anilines is 1. The first-order valence-corrected chi connectivity index (χ1v) is 8.86. The highest BCUT2D eigenvalue weighted by Crippen LogP contribution is 2.35. The van der Waals surface area contributed by atoms with Crippen LogP contribution in [0, 0.1) is 0 Å². The average molecular weight is 354 g/mol. The number of benzene rings is 2. The Hall–Kier alpha value is -2.89. The Morgan fingerprint density at radius 3 is 2.65 bits per heavy atom. The van der Waals surface area contributed by atoms with Crippen LogP contribution in [0.1, 0.15) is 24.4 Å². The van der Waals surface area contributed by atoms with Crippen LogP contribution in [0.2, 0.25) is 0 Å². The van der Waals surface area contributed by atoms with Gasteiger partial charge in [-0.2, -0.15) is 0 Å². The van der Waals surface area contributed by atoms with Gasteiger partial charge in [-0.05, 0) is 42.7 Å². The van der Waals surface area contributed by atoms with Crippen molar-refractivity contribution in [3.8, 4) is 17.2 Å². The van der Waals surface area contributed by atoms with Crippen LogP contribution in [0.3, 0.4) is 0 Å². The fourth-order valence-electron chi connectivity index (χ4n) is 3.50. The standard InChI is InChI=1S/C20H22N2O4/c1-24-16-7-4-14(5-8-16)17-3-2-10-22(17)20(23)21-15-6-9-18-19(13-15)26-12-11-25-18/h4-9,13,17H,2-3,10-12H2,1H3,(H,21,23). The fourth-order valence-corrected chi connectivity index (χ4v) is 3.50. The van der Waals surface area contributed by atoms with Gasteiger partial charge in [0, 0.05) is 18.3 Å². The number of hydrogen-bond donors (Lipinski definition) is 1. The molecule has 0 spiro atoms. The molecule has 4 rings (SSSR count). The summed E-state index contributed by atoms with van der Waals surface area (Å²) in [4.78, 5) is 14.7. The third kappa shape index (κ3) is 3.27. The number of nitrogens with zero attached hydrogens (tertiary/aromatic N) is 1. The van der Waals surface area contributed by atoms with Gasteiger partial charge in [-0.25, -0.2) is 4.79 Å². The van der Waals surface area contributed by atoms with Crippen molar-refractivity contribution in [3.05, 3.63) is 48.0 Å². The van der Waals surface area contributed by atoms with Gasteiger partial charge >= 0.3 is 6.03 Å². The number of fused-ring (bicyclic) bond motifs is 1. The molecular formula is C20H22N2O4. The molecule has 1 fully saturated rings. The predicted molar refractivity (Wildman–Crippen MR) is 98.1 cm³/mol. The second kappa shape index (κ2) is 7.15. The Morgan fingerprint density at radius 1 is 1.12 bits per heavy atom. The first kappa shape index (κ1) is 16.6. The zero-order valence-corrected chi connectivity index (χ0v) is 14.7. The van der Waals surface area contributed by atoms with Crippen LogP contribution in [0.5, 0.6) is 17.2 Å². The molecule has 2 heterocycles. The monoisotopic (exact) mass is 354 g/mol. The third-order valence-corrected chi connectivity index (χ3v) is 4.81. The minimum atomic E-state index is -0.0972. The summed E-state index contributed by atoms with van der Waals surface area (Å²) in [6.07, 6.45) is 1.95. The quantitative estimate of drug-likeness (QED) is 0.910. The van der Waals surface area contributed by atoms with Crippen LogP contribution >= 0.6 is 0 Å².